The molecule has 5 heteroatoms. The molecule has 0 spiro atoms. The van der Waals surface area contributed by atoms with Crippen LogP contribution in [-0.2, 0) is 0 Å². The molecule has 0 aliphatic heterocycles. The lowest BCUT2D eigenvalue weighted by Crippen LogP contribution is -2.25. The van der Waals surface area contributed by atoms with Crippen molar-refractivity contribution in [2.75, 3.05) is 20.1 Å². The minimum atomic E-state index is -0.0619. The van der Waals surface area contributed by atoms with Crippen molar-refractivity contribution in [3.8, 4) is 0 Å². The number of unbranched alkanes of at least 4 members (excludes halogenated alkanes) is 2. The van der Waals surface area contributed by atoms with Crippen LogP contribution in [0.25, 0.3) is 0 Å². The number of carbonyl (C=O) groups is 1. The molecule has 0 bridgehead atoms. The highest BCUT2D eigenvalue weighted by atomic mass is 16.2. The Morgan fingerprint density at radius 1 is 1.17 bits per heavy atom. The fourth-order valence-electron chi connectivity index (χ4n) is 1.63. The van der Waals surface area contributed by atoms with E-state index in [0.29, 0.717) is 17.6 Å². The molecule has 1 rings (SSSR count). The molecule has 0 atom stereocenters. The lowest BCUT2D eigenvalue weighted by atomic mass is 9.88. The molecule has 0 saturated heterocycles. The van der Waals surface area contributed by atoms with E-state index in [-0.39, 0.29) is 5.91 Å². The molecule has 3 N–H and O–H groups in total. The maximum atomic E-state index is 11.7. The Morgan fingerprint density at radius 2 is 1.83 bits per heavy atom. The van der Waals surface area contributed by atoms with Crippen molar-refractivity contribution in [1.82, 2.24) is 10.6 Å². The Hall–Kier alpha value is -1.33. The first kappa shape index (κ1) is 14.7. The van der Waals surface area contributed by atoms with Crippen molar-refractivity contribution >= 4 is 18.9 Å². The highest BCUT2D eigenvalue weighted by Gasteiger charge is 2.04. The molecule has 97 valence electrons. The van der Waals surface area contributed by atoms with Gasteiger partial charge < -0.3 is 15.7 Å². The van der Waals surface area contributed by atoms with E-state index in [9.17, 15) is 4.79 Å². The molecule has 0 heterocycles. The molecule has 0 aromatic heterocycles. The van der Waals surface area contributed by atoms with Crippen LogP contribution in [0.4, 0.5) is 0 Å². The van der Waals surface area contributed by atoms with E-state index in [2.05, 4.69) is 10.6 Å². The van der Waals surface area contributed by atoms with Gasteiger partial charge in [0.05, 0.1) is 0 Å². The Morgan fingerprint density at radius 3 is 2.44 bits per heavy atom. The zero-order chi connectivity index (χ0) is 13.2. The Bertz CT molecular complexity index is 355. The average Bonchev–Trinajstić information content (AvgIpc) is 2.42. The van der Waals surface area contributed by atoms with Crippen molar-refractivity contribution in [3.63, 3.8) is 0 Å². The van der Waals surface area contributed by atoms with Gasteiger partial charge in [-0.1, -0.05) is 24.0 Å². The van der Waals surface area contributed by atoms with Gasteiger partial charge in [0.1, 0.15) is 0 Å². The number of hydrogen-bond acceptors (Lipinski definition) is 3. The van der Waals surface area contributed by atoms with Crippen LogP contribution in [0.5, 0.6) is 0 Å². The van der Waals surface area contributed by atoms with Crippen LogP contribution in [-0.4, -0.2) is 38.6 Å². The first-order valence-electron chi connectivity index (χ1n) is 6.28. The second kappa shape index (κ2) is 8.72. The van der Waals surface area contributed by atoms with E-state index in [0.717, 1.165) is 33.3 Å². The minimum absolute atomic E-state index is 0.0619. The van der Waals surface area contributed by atoms with Gasteiger partial charge in [0.25, 0.3) is 5.91 Å². The van der Waals surface area contributed by atoms with Gasteiger partial charge in [0.2, 0.25) is 0 Å². The van der Waals surface area contributed by atoms with Gasteiger partial charge in [0, 0.05) is 12.1 Å². The van der Waals surface area contributed by atoms with Crippen LogP contribution < -0.4 is 16.1 Å². The van der Waals surface area contributed by atoms with Crippen molar-refractivity contribution in [1.29, 1.82) is 0 Å². The zero-order valence-corrected chi connectivity index (χ0v) is 10.8. The van der Waals surface area contributed by atoms with Crippen molar-refractivity contribution in [2.45, 2.75) is 19.3 Å². The normalized spacial score (nSPS) is 10.1. The quantitative estimate of drug-likeness (QED) is 0.449. The molecular formula is C13H20BN2O2. The minimum Gasteiger partial charge on any atom is -0.450 e. The number of nitrogens with one attached hydrogen (secondary N) is 2. The van der Waals surface area contributed by atoms with Crippen LogP contribution in [0.3, 0.4) is 0 Å². The molecule has 4 nitrogen and oxygen atoms in total. The second-order valence-corrected chi connectivity index (χ2v) is 4.17. The lowest BCUT2D eigenvalue weighted by Gasteiger charge is -2.05. The Labute approximate surface area is 109 Å². The summed E-state index contributed by atoms with van der Waals surface area (Å²) >= 11 is 0. The lowest BCUT2D eigenvalue weighted by molar-refractivity contribution is 0.0953. The standard InChI is InChI=1S/C13H20BN2O2/c1-15-9-3-2-4-10-16-13(17)11-5-7-12(14-18)8-6-11/h5-8,15,18H,2-4,9-10H2,1H3,(H,16,17). The molecule has 1 amide bonds. The van der Waals surface area contributed by atoms with Crippen LogP contribution in [0.15, 0.2) is 24.3 Å². The van der Waals surface area contributed by atoms with Gasteiger partial charge >= 0.3 is 7.48 Å². The molecule has 0 fully saturated rings. The van der Waals surface area contributed by atoms with Crippen molar-refractivity contribution in [3.05, 3.63) is 29.8 Å². The average molecular weight is 247 g/mol. The summed E-state index contributed by atoms with van der Waals surface area (Å²) in [6.07, 6.45) is 3.24. The van der Waals surface area contributed by atoms with E-state index in [1.165, 1.54) is 0 Å². The number of carbonyl (C=O) groups excluding carboxylic acids is 1. The number of benzene rings is 1. The Kier molecular flexibility index (Phi) is 7.14. The maximum absolute atomic E-state index is 11.7. The van der Waals surface area contributed by atoms with Crippen molar-refractivity contribution < 1.29 is 9.82 Å². The van der Waals surface area contributed by atoms with Crippen LogP contribution in [0.1, 0.15) is 29.6 Å². The molecule has 0 aliphatic carbocycles. The molecule has 0 saturated carbocycles. The van der Waals surface area contributed by atoms with Crippen LogP contribution >= 0.6 is 0 Å². The van der Waals surface area contributed by atoms with E-state index in [1.54, 1.807) is 24.3 Å². The second-order valence-electron chi connectivity index (χ2n) is 4.17. The van der Waals surface area contributed by atoms with Gasteiger partial charge in [-0.25, -0.2) is 0 Å². The number of hydrogen-bond donors (Lipinski definition) is 3. The summed E-state index contributed by atoms with van der Waals surface area (Å²) in [7, 11) is 2.96. The summed E-state index contributed by atoms with van der Waals surface area (Å²) in [5.41, 5.74) is 1.31. The number of amides is 1. The molecule has 1 radical (unpaired) electrons. The van der Waals surface area contributed by atoms with Crippen LogP contribution in [0, 0.1) is 0 Å². The van der Waals surface area contributed by atoms with E-state index < -0.39 is 0 Å². The zero-order valence-electron chi connectivity index (χ0n) is 10.8. The Balaban J connectivity index is 2.23. The molecule has 1 aromatic carbocycles. The molecule has 0 aliphatic rings. The molecule has 0 unspecified atom stereocenters. The van der Waals surface area contributed by atoms with Crippen LogP contribution in [0.2, 0.25) is 0 Å². The van der Waals surface area contributed by atoms with Gasteiger partial charge in [0.15, 0.2) is 0 Å². The summed E-state index contributed by atoms with van der Waals surface area (Å²) in [6.45, 7) is 1.73. The topological polar surface area (TPSA) is 61.4 Å². The van der Waals surface area contributed by atoms with E-state index >= 15 is 0 Å². The number of rotatable bonds is 8. The monoisotopic (exact) mass is 247 g/mol. The van der Waals surface area contributed by atoms with E-state index in [4.69, 9.17) is 5.02 Å². The van der Waals surface area contributed by atoms with Gasteiger partial charge in [-0.2, -0.15) is 0 Å². The SMILES string of the molecule is CNCCCCCNC(=O)c1ccc([B]O)cc1. The summed E-state index contributed by atoms with van der Waals surface area (Å²) < 4.78 is 0. The highest BCUT2D eigenvalue weighted by Crippen LogP contribution is 1.98. The van der Waals surface area contributed by atoms with Gasteiger partial charge in [-0.15, -0.1) is 0 Å². The maximum Gasteiger partial charge on any atom is 0.326 e. The fourth-order valence-corrected chi connectivity index (χ4v) is 1.63. The van der Waals surface area contributed by atoms with Gasteiger partial charge in [-0.05, 0) is 38.6 Å². The summed E-state index contributed by atoms with van der Waals surface area (Å²) in [5, 5.41) is 14.8. The molecule has 1 aromatic rings. The largest absolute Gasteiger partial charge is 0.450 e. The summed E-state index contributed by atoms with van der Waals surface area (Å²) in [4.78, 5) is 11.7. The van der Waals surface area contributed by atoms with E-state index in [1.807, 2.05) is 7.05 Å². The third-order valence-corrected chi connectivity index (χ3v) is 2.71. The molecular weight excluding hydrogens is 227 g/mol. The fraction of sp³-hybridized carbons (Fsp3) is 0.462. The van der Waals surface area contributed by atoms with Crippen molar-refractivity contribution in [2.24, 2.45) is 0 Å². The predicted molar refractivity (Wildman–Crippen MR) is 74.2 cm³/mol. The first-order valence-corrected chi connectivity index (χ1v) is 6.28. The highest BCUT2D eigenvalue weighted by molar-refractivity contribution is 6.45. The summed E-state index contributed by atoms with van der Waals surface area (Å²) in [5.74, 6) is -0.0619. The predicted octanol–water partition coefficient (Wildman–Crippen LogP) is 0.0429. The molecule has 18 heavy (non-hydrogen) atoms. The third kappa shape index (κ3) is 5.34. The smallest absolute Gasteiger partial charge is 0.326 e. The third-order valence-electron chi connectivity index (χ3n) is 2.71. The summed E-state index contributed by atoms with van der Waals surface area (Å²) in [6, 6.07) is 6.83. The van der Waals surface area contributed by atoms with Gasteiger partial charge in [-0.3, -0.25) is 4.79 Å². The first-order chi connectivity index (χ1) is 8.77.